The molecule has 3 aromatic heterocycles. The molecule has 3 heterocycles. The molecule has 0 aliphatic heterocycles. The van der Waals surface area contributed by atoms with Gasteiger partial charge in [-0.3, -0.25) is 4.79 Å². The fraction of sp³-hybridized carbons (Fsp3) is 0.179. The number of carbonyl (C=O) groups is 1. The minimum absolute atomic E-state index is 0.0985. The van der Waals surface area contributed by atoms with Gasteiger partial charge in [-0.15, -0.1) is 0 Å². The van der Waals surface area contributed by atoms with Crippen molar-refractivity contribution >= 4 is 22.6 Å². The van der Waals surface area contributed by atoms with E-state index in [1.165, 1.54) is 0 Å². The molecule has 0 unspecified atom stereocenters. The van der Waals surface area contributed by atoms with Crippen LogP contribution < -0.4 is 10.1 Å². The third-order valence-corrected chi connectivity index (χ3v) is 5.92. The van der Waals surface area contributed by atoms with Crippen molar-refractivity contribution in [1.29, 1.82) is 0 Å². The van der Waals surface area contributed by atoms with Crippen LogP contribution in [0.25, 0.3) is 22.3 Å². The zero-order valence-electron chi connectivity index (χ0n) is 20.6. The lowest BCUT2D eigenvalue weighted by molar-refractivity contribution is 0.102. The van der Waals surface area contributed by atoms with Crippen LogP contribution in [0.2, 0.25) is 0 Å². The van der Waals surface area contributed by atoms with Gasteiger partial charge in [0.25, 0.3) is 5.91 Å². The minimum atomic E-state index is -0.233. The van der Waals surface area contributed by atoms with Gasteiger partial charge in [-0.2, -0.15) is 5.10 Å². The second-order valence-corrected chi connectivity index (χ2v) is 8.85. The molecule has 0 fully saturated rings. The fourth-order valence-corrected chi connectivity index (χ4v) is 4.06. The Morgan fingerprint density at radius 1 is 0.972 bits per heavy atom. The first-order valence-electron chi connectivity index (χ1n) is 11.7. The molecule has 0 spiro atoms. The van der Waals surface area contributed by atoms with Crippen molar-refractivity contribution in [2.45, 2.75) is 33.7 Å². The normalized spacial score (nSPS) is 11.1. The number of aryl methyl sites for hydroxylation is 2. The Hall–Kier alpha value is -4.59. The van der Waals surface area contributed by atoms with Crippen molar-refractivity contribution in [2.75, 3.05) is 5.32 Å². The maximum atomic E-state index is 13.6. The van der Waals surface area contributed by atoms with Crippen LogP contribution >= 0.6 is 0 Å². The number of carbonyl (C=O) groups excluding carboxylic acids is 1. The largest absolute Gasteiger partial charge is 0.424 e. The van der Waals surface area contributed by atoms with Gasteiger partial charge >= 0.3 is 6.01 Å². The van der Waals surface area contributed by atoms with E-state index in [-0.39, 0.29) is 18.0 Å². The molecule has 8 nitrogen and oxygen atoms in total. The van der Waals surface area contributed by atoms with Crippen LogP contribution in [0.3, 0.4) is 0 Å². The van der Waals surface area contributed by atoms with Crippen LogP contribution in [0.4, 0.5) is 5.69 Å². The highest BCUT2D eigenvalue weighted by atomic mass is 16.5. The Bertz CT molecular complexity index is 1560. The molecule has 0 radical (unpaired) electrons. The van der Waals surface area contributed by atoms with Gasteiger partial charge in [-0.05, 0) is 69.2 Å². The molecule has 0 bridgehead atoms. The fourth-order valence-electron chi connectivity index (χ4n) is 4.06. The second kappa shape index (κ2) is 9.58. The van der Waals surface area contributed by atoms with E-state index in [0.29, 0.717) is 28.0 Å². The van der Waals surface area contributed by atoms with Crippen molar-refractivity contribution in [3.63, 3.8) is 0 Å². The van der Waals surface area contributed by atoms with E-state index < -0.39 is 0 Å². The molecule has 2 aromatic carbocycles. The van der Waals surface area contributed by atoms with Gasteiger partial charge < -0.3 is 10.1 Å². The molecule has 1 N–H and O–H groups in total. The van der Waals surface area contributed by atoms with E-state index in [1.54, 1.807) is 30.7 Å². The summed E-state index contributed by atoms with van der Waals surface area (Å²) in [5.41, 5.74) is 5.52. The molecule has 0 saturated carbocycles. The monoisotopic (exact) mass is 478 g/mol. The Balaban J connectivity index is 1.51. The Labute approximate surface area is 209 Å². The number of hydrogen-bond acceptors (Lipinski definition) is 6. The average molecular weight is 479 g/mol. The van der Waals surface area contributed by atoms with E-state index >= 15 is 0 Å². The van der Waals surface area contributed by atoms with Gasteiger partial charge in [0.15, 0.2) is 5.65 Å². The van der Waals surface area contributed by atoms with Crippen molar-refractivity contribution < 1.29 is 9.53 Å². The summed E-state index contributed by atoms with van der Waals surface area (Å²) in [5, 5.41) is 8.27. The number of hydrogen-bond donors (Lipinski definition) is 1. The summed E-state index contributed by atoms with van der Waals surface area (Å²) >= 11 is 0. The van der Waals surface area contributed by atoms with Gasteiger partial charge in [-0.1, -0.05) is 24.3 Å². The molecule has 8 heteroatoms. The SMILES string of the molecule is Cc1cc(Oc2ncccn2)ccc1NC(=O)c1cc(-c2ccccc2C)nc2c1cnn2C(C)C. The summed E-state index contributed by atoms with van der Waals surface area (Å²) in [6.45, 7) is 8.03. The maximum absolute atomic E-state index is 13.6. The highest BCUT2D eigenvalue weighted by Crippen LogP contribution is 2.30. The maximum Gasteiger partial charge on any atom is 0.321 e. The highest BCUT2D eigenvalue weighted by molar-refractivity contribution is 6.13. The number of ether oxygens (including phenoxy) is 1. The third-order valence-electron chi connectivity index (χ3n) is 5.92. The van der Waals surface area contributed by atoms with E-state index in [4.69, 9.17) is 9.72 Å². The molecule has 0 aliphatic carbocycles. The molecule has 5 rings (SSSR count). The van der Waals surface area contributed by atoms with Crippen LogP contribution in [0.1, 0.15) is 41.4 Å². The molecule has 0 saturated heterocycles. The van der Waals surface area contributed by atoms with E-state index in [9.17, 15) is 4.79 Å². The lowest BCUT2D eigenvalue weighted by Crippen LogP contribution is -2.14. The Morgan fingerprint density at radius 2 is 1.75 bits per heavy atom. The second-order valence-electron chi connectivity index (χ2n) is 8.85. The minimum Gasteiger partial charge on any atom is -0.424 e. The number of rotatable bonds is 6. The first-order chi connectivity index (χ1) is 17.4. The Morgan fingerprint density at radius 3 is 2.47 bits per heavy atom. The number of amides is 1. The number of benzene rings is 2. The number of nitrogens with one attached hydrogen (secondary N) is 1. The molecule has 0 aliphatic rings. The van der Waals surface area contributed by atoms with E-state index in [2.05, 4.69) is 20.4 Å². The zero-order chi connectivity index (χ0) is 25.2. The summed E-state index contributed by atoms with van der Waals surface area (Å²) < 4.78 is 7.55. The van der Waals surface area contributed by atoms with Gasteiger partial charge in [0.1, 0.15) is 5.75 Å². The van der Waals surface area contributed by atoms with Crippen LogP contribution in [0.15, 0.2) is 73.2 Å². The van der Waals surface area contributed by atoms with Crippen LogP contribution in [0.5, 0.6) is 11.8 Å². The van der Waals surface area contributed by atoms with Crippen molar-refractivity contribution in [2.24, 2.45) is 0 Å². The summed E-state index contributed by atoms with van der Waals surface area (Å²) in [5.74, 6) is 0.353. The topological polar surface area (TPSA) is 94.8 Å². The summed E-state index contributed by atoms with van der Waals surface area (Å²) in [6.07, 6.45) is 4.94. The molecule has 1 amide bonds. The van der Waals surface area contributed by atoms with E-state index in [1.807, 2.05) is 74.8 Å². The first-order valence-corrected chi connectivity index (χ1v) is 11.7. The van der Waals surface area contributed by atoms with Crippen LogP contribution in [-0.2, 0) is 0 Å². The van der Waals surface area contributed by atoms with Gasteiger partial charge in [0.05, 0.1) is 22.8 Å². The smallest absolute Gasteiger partial charge is 0.321 e. The quantitative estimate of drug-likeness (QED) is 0.315. The van der Waals surface area contributed by atoms with Crippen LogP contribution in [-0.4, -0.2) is 30.6 Å². The predicted molar refractivity (Wildman–Crippen MR) is 139 cm³/mol. The average Bonchev–Trinajstić information content (AvgIpc) is 3.30. The lowest BCUT2D eigenvalue weighted by atomic mass is 10.0. The standard InChI is InChI=1S/C28H26N6O2/c1-17(2)34-26-23(16-31-34)22(15-25(32-26)21-9-6-5-8-18(21)3)27(35)33-24-11-10-20(14-19(24)4)36-28-29-12-7-13-30-28/h5-17H,1-4H3,(H,33,35). The van der Waals surface area contributed by atoms with Crippen LogP contribution in [0, 0.1) is 13.8 Å². The van der Waals surface area contributed by atoms with Gasteiger partial charge in [0.2, 0.25) is 0 Å². The van der Waals surface area contributed by atoms with Crippen molar-refractivity contribution in [1.82, 2.24) is 24.7 Å². The summed E-state index contributed by atoms with van der Waals surface area (Å²) in [4.78, 5) is 26.6. The molecule has 5 aromatic rings. The molecule has 36 heavy (non-hydrogen) atoms. The first kappa shape index (κ1) is 23.2. The highest BCUT2D eigenvalue weighted by Gasteiger charge is 2.20. The number of nitrogens with zero attached hydrogens (tertiary/aromatic N) is 5. The molecule has 0 atom stereocenters. The molecule has 180 valence electrons. The Kier molecular flexibility index (Phi) is 6.16. The number of pyridine rings is 1. The third kappa shape index (κ3) is 4.53. The number of aromatic nitrogens is 5. The number of anilines is 1. The lowest BCUT2D eigenvalue weighted by Gasteiger charge is -2.13. The summed E-state index contributed by atoms with van der Waals surface area (Å²) in [7, 11) is 0. The van der Waals surface area contributed by atoms with Crippen molar-refractivity contribution in [3.05, 3.63) is 89.9 Å². The molecular weight excluding hydrogens is 452 g/mol. The van der Waals surface area contributed by atoms with Gasteiger partial charge in [-0.25, -0.2) is 19.6 Å². The summed E-state index contributed by atoms with van der Waals surface area (Å²) in [6, 6.07) is 17.4. The zero-order valence-corrected chi connectivity index (χ0v) is 20.6. The van der Waals surface area contributed by atoms with E-state index in [0.717, 1.165) is 22.4 Å². The van der Waals surface area contributed by atoms with Gasteiger partial charge in [0, 0.05) is 29.7 Å². The predicted octanol–water partition coefficient (Wildman–Crippen LogP) is 6.13. The number of fused-ring (bicyclic) bond motifs is 1. The van der Waals surface area contributed by atoms with Crippen molar-refractivity contribution in [3.8, 4) is 23.0 Å². The molecular formula is C28H26N6O2.